The summed E-state index contributed by atoms with van der Waals surface area (Å²) < 4.78 is 0. The third kappa shape index (κ3) is 3.36. The molecule has 0 saturated carbocycles. The molecule has 114 valence electrons. The van der Waals surface area contributed by atoms with Crippen LogP contribution in [0.25, 0.3) is 10.2 Å². The van der Waals surface area contributed by atoms with E-state index in [0.717, 1.165) is 15.2 Å². The Bertz CT molecular complexity index is 656. The van der Waals surface area contributed by atoms with E-state index in [-0.39, 0.29) is 11.9 Å². The zero-order valence-electron chi connectivity index (χ0n) is 12.7. The molecule has 2 aromatic heterocycles. The molecule has 0 aromatic carbocycles. The van der Waals surface area contributed by atoms with Crippen molar-refractivity contribution in [2.24, 2.45) is 5.73 Å². The van der Waals surface area contributed by atoms with Gasteiger partial charge in [0, 0.05) is 29.9 Å². The van der Waals surface area contributed by atoms with Gasteiger partial charge in [-0.15, -0.1) is 11.3 Å². The lowest BCUT2D eigenvalue weighted by molar-refractivity contribution is -0.128. The van der Waals surface area contributed by atoms with Crippen molar-refractivity contribution < 1.29 is 4.79 Å². The summed E-state index contributed by atoms with van der Waals surface area (Å²) >= 11 is 3.13. The van der Waals surface area contributed by atoms with Crippen molar-refractivity contribution in [1.29, 1.82) is 0 Å². The number of hydrogen-bond donors (Lipinski definition) is 1. The molecule has 5 nitrogen and oxygen atoms in total. The monoisotopic (exact) mass is 324 g/mol. The second-order valence-electron chi connectivity index (χ2n) is 5.02. The molecule has 21 heavy (non-hydrogen) atoms. The van der Waals surface area contributed by atoms with Gasteiger partial charge >= 0.3 is 0 Å². The highest BCUT2D eigenvalue weighted by atomic mass is 32.2. The minimum atomic E-state index is 0.0497. The summed E-state index contributed by atoms with van der Waals surface area (Å²) in [6.45, 7) is 6.56. The molecule has 0 saturated heterocycles. The minimum absolute atomic E-state index is 0.0497. The Kier molecular flexibility index (Phi) is 5.18. The number of hydrogen-bond acceptors (Lipinski definition) is 6. The quantitative estimate of drug-likeness (QED) is 0.674. The van der Waals surface area contributed by atoms with Crippen LogP contribution in [0.2, 0.25) is 0 Å². The molecule has 2 heterocycles. The molecule has 1 atom stereocenters. The summed E-state index contributed by atoms with van der Waals surface area (Å²) in [5, 5.41) is 1.95. The molecule has 0 radical (unpaired) electrons. The largest absolute Gasteiger partial charge is 0.341 e. The first-order chi connectivity index (χ1) is 9.95. The first-order valence-corrected chi connectivity index (χ1v) is 8.55. The molecule has 0 aliphatic rings. The number of nitrogens with zero attached hydrogens (tertiary/aromatic N) is 3. The van der Waals surface area contributed by atoms with E-state index in [4.69, 9.17) is 5.73 Å². The van der Waals surface area contributed by atoms with Crippen LogP contribution in [0.4, 0.5) is 0 Å². The van der Waals surface area contributed by atoms with Crippen LogP contribution in [0.5, 0.6) is 0 Å². The predicted molar refractivity (Wildman–Crippen MR) is 88.9 cm³/mol. The first kappa shape index (κ1) is 16.2. The standard InChI is InChI=1S/C14H20N4OS2/c1-8(5-15)18(4)11(19)6-20-13-12-9(2)10(3)21-14(12)17-7-16-13/h7-8H,5-6,15H2,1-4H3. The van der Waals surface area contributed by atoms with Crippen molar-refractivity contribution in [2.45, 2.75) is 31.8 Å². The van der Waals surface area contributed by atoms with Crippen molar-refractivity contribution in [3.63, 3.8) is 0 Å². The second kappa shape index (κ2) is 6.72. The van der Waals surface area contributed by atoms with Gasteiger partial charge < -0.3 is 10.6 Å². The topological polar surface area (TPSA) is 72.1 Å². The van der Waals surface area contributed by atoms with Crippen LogP contribution in [0.15, 0.2) is 11.4 Å². The number of rotatable bonds is 5. The number of nitrogens with two attached hydrogens (primary N) is 1. The molecule has 2 rings (SSSR count). The van der Waals surface area contributed by atoms with Gasteiger partial charge in [-0.05, 0) is 26.3 Å². The summed E-state index contributed by atoms with van der Waals surface area (Å²) in [5.41, 5.74) is 6.80. The molecule has 0 bridgehead atoms. The lowest BCUT2D eigenvalue weighted by Gasteiger charge is -2.23. The third-order valence-electron chi connectivity index (χ3n) is 3.66. The van der Waals surface area contributed by atoms with Crippen LogP contribution in [0.1, 0.15) is 17.4 Å². The highest BCUT2D eigenvalue weighted by Gasteiger charge is 2.17. The van der Waals surface area contributed by atoms with E-state index < -0.39 is 0 Å². The Labute approximate surface area is 132 Å². The van der Waals surface area contributed by atoms with Gasteiger partial charge in [-0.3, -0.25) is 4.79 Å². The molecular weight excluding hydrogens is 304 g/mol. The average molecular weight is 324 g/mol. The minimum Gasteiger partial charge on any atom is -0.341 e. The highest BCUT2D eigenvalue weighted by molar-refractivity contribution is 8.00. The van der Waals surface area contributed by atoms with Gasteiger partial charge in [0.15, 0.2) is 0 Å². The fourth-order valence-electron chi connectivity index (χ4n) is 1.90. The van der Waals surface area contributed by atoms with E-state index >= 15 is 0 Å². The molecule has 7 heteroatoms. The fraction of sp³-hybridized carbons (Fsp3) is 0.500. The van der Waals surface area contributed by atoms with E-state index in [1.54, 1.807) is 29.6 Å². The lowest BCUT2D eigenvalue weighted by atomic mass is 10.2. The number of thioether (sulfide) groups is 1. The number of carbonyl (C=O) groups excluding carboxylic acids is 1. The van der Waals surface area contributed by atoms with E-state index in [0.29, 0.717) is 12.3 Å². The predicted octanol–water partition coefficient (Wildman–Crippen LogP) is 2.21. The number of aromatic nitrogens is 2. The normalized spacial score (nSPS) is 12.6. The Morgan fingerprint density at radius 1 is 1.48 bits per heavy atom. The van der Waals surface area contributed by atoms with Crippen LogP contribution in [-0.4, -0.2) is 46.2 Å². The summed E-state index contributed by atoms with van der Waals surface area (Å²) in [7, 11) is 1.79. The van der Waals surface area contributed by atoms with E-state index in [1.165, 1.54) is 22.2 Å². The Morgan fingerprint density at radius 3 is 2.86 bits per heavy atom. The second-order valence-corrected chi connectivity index (χ2v) is 7.19. The van der Waals surface area contributed by atoms with E-state index in [1.807, 2.05) is 6.92 Å². The van der Waals surface area contributed by atoms with E-state index in [9.17, 15) is 4.79 Å². The van der Waals surface area contributed by atoms with Crippen molar-refractivity contribution >= 4 is 39.2 Å². The molecule has 2 N–H and O–H groups in total. The maximum Gasteiger partial charge on any atom is 0.233 e. The number of amides is 1. The molecule has 0 spiro atoms. The van der Waals surface area contributed by atoms with E-state index in [2.05, 4.69) is 23.8 Å². The molecule has 1 amide bonds. The summed E-state index contributed by atoms with van der Waals surface area (Å²) in [6.07, 6.45) is 1.57. The van der Waals surface area contributed by atoms with Gasteiger partial charge in [-0.2, -0.15) is 0 Å². The number of likely N-dealkylation sites (N-methyl/N-ethyl adjacent to an activating group) is 1. The molecule has 1 unspecified atom stereocenters. The van der Waals surface area contributed by atoms with Gasteiger partial charge in [0.2, 0.25) is 5.91 Å². The van der Waals surface area contributed by atoms with Gasteiger partial charge in [0.25, 0.3) is 0 Å². The maximum absolute atomic E-state index is 12.2. The number of carbonyl (C=O) groups is 1. The third-order valence-corrected chi connectivity index (χ3v) is 5.75. The van der Waals surface area contributed by atoms with Crippen LogP contribution >= 0.6 is 23.1 Å². The lowest BCUT2D eigenvalue weighted by Crippen LogP contribution is -2.40. The zero-order chi connectivity index (χ0) is 15.6. The smallest absolute Gasteiger partial charge is 0.233 e. The molecular formula is C14H20N4OS2. The van der Waals surface area contributed by atoms with Gasteiger partial charge in [0.05, 0.1) is 5.75 Å². The summed E-state index contributed by atoms with van der Waals surface area (Å²) in [6, 6.07) is 0.0497. The maximum atomic E-state index is 12.2. The Hall–Kier alpha value is -1.18. The van der Waals surface area contributed by atoms with Crippen LogP contribution in [-0.2, 0) is 4.79 Å². The highest BCUT2D eigenvalue weighted by Crippen LogP contribution is 2.34. The summed E-state index contributed by atoms with van der Waals surface area (Å²) in [4.78, 5) is 24.7. The zero-order valence-corrected chi connectivity index (χ0v) is 14.3. The van der Waals surface area contributed by atoms with Gasteiger partial charge in [0.1, 0.15) is 16.2 Å². The Morgan fingerprint density at radius 2 is 2.19 bits per heavy atom. The van der Waals surface area contributed by atoms with Crippen molar-refractivity contribution in [3.05, 3.63) is 16.8 Å². The Balaban J connectivity index is 2.16. The molecule has 0 aliphatic carbocycles. The number of fused-ring (bicyclic) bond motifs is 1. The number of aryl methyl sites for hydroxylation is 2. The van der Waals surface area contributed by atoms with Crippen molar-refractivity contribution in [2.75, 3.05) is 19.3 Å². The van der Waals surface area contributed by atoms with Gasteiger partial charge in [-0.1, -0.05) is 11.8 Å². The fourth-order valence-corrected chi connectivity index (χ4v) is 3.94. The van der Waals surface area contributed by atoms with Crippen molar-refractivity contribution in [3.8, 4) is 0 Å². The van der Waals surface area contributed by atoms with Crippen LogP contribution in [0.3, 0.4) is 0 Å². The summed E-state index contributed by atoms with van der Waals surface area (Å²) in [5.74, 6) is 0.427. The number of thiophene rings is 1. The van der Waals surface area contributed by atoms with Gasteiger partial charge in [-0.25, -0.2) is 9.97 Å². The van der Waals surface area contributed by atoms with Crippen LogP contribution < -0.4 is 5.73 Å². The SMILES string of the molecule is Cc1sc2ncnc(SCC(=O)N(C)C(C)CN)c2c1C. The van der Waals surface area contributed by atoms with Crippen LogP contribution in [0, 0.1) is 13.8 Å². The molecule has 0 aliphatic heterocycles. The van der Waals surface area contributed by atoms with Crippen molar-refractivity contribution in [1.82, 2.24) is 14.9 Å². The average Bonchev–Trinajstić information content (AvgIpc) is 2.78. The molecule has 0 fully saturated rings. The molecule has 2 aromatic rings. The first-order valence-electron chi connectivity index (χ1n) is 6.75.